The van der Waals surface area contributed by atoms with Crippen LogP contribution in [-0.4, -0.2) is 62.4 Å². The third kappa shape index (κ3) is 4.41. The molecule has 0 atom stereocenters. The molecule has 2 heterocycles. The Morgan fingerprint density at radius 1 is 0.867 bits per heavy atom. The van der Waals surface area contributed by atoms with E-state index in [1.807, 2.05) is 30.3 Å². The lowest BCUT2D eigenvalue weighted by molar-refractivity contribution is 0.237. The maximum absolute atomic E-state index is 6.02. The molecule has 7 heteroatoms. The minimum atomic E-state index is 0.584. The molecular weight excluding hydrogens is 382 g/mol. The number of rotatable bonds is 8. The number of benzene rings is 2. The van der Waals surface area contributed by atoms with E-state index < -0.39 is 0 Å². The molecule has 4 rings (SSSR count). The summed E-state index contributed by atoms with van der Waals surface area (Å²) in [7, 11) is 4.89. The Kier molecular flexibility index (Phi) is 6.18. The summed E-state index contributed by atoms with van der Waals surface area (Å²) in [6.07, 6.45) is 4.32. The van der Waals surface area contributed by atoms with E-state index in [1.165, 1.54) is 12.8 Å². The van der Waals surface area contributed by atoms with Gasteiger partial charge in [0.1, 0.15) is 29.6 Å². The van der Waals surface area contributed by atoms with E-state index >= 15 is 0 Å². The molecule has 158 valence electrons. The van der Waals surface area contributed by atoms with Crippen LogP contribution in [0.25, 0.3) is 22.3 Å². The second-order valence-electron chi connectivity index (χ2n) is 7.25. The minimum Gasteiger partial charge on any atom is -0.497 e. The topological polar surface area (TPSA) is 65.9 Å². The highest BCUT2D eigenvalue weighted by Gasteiger charge is 2.13. The van der Waals surface area contributed by atoms with Gasteiger partial charge in [0.25, 0.3) is 0 Å². The zero-order valence-corrected chi connectivity index (χ0v) is 17.7. The Hall–Kier alpha value is -3.06. The van der Waals surface area contributed by atoms with Crippen LogP contribution in [0.4, 0.5) is 0 Å². The number of hydrogen-bond acceptors (Lipinski definition) is 7. The van der Waals surface area contributed by atoms with Gasteiger partial charge in [0, 0.05) is 36.5 Å². The number of ether oxygens (including phenoxy) is 4. The first-order valence-corrected chi connectivity index (χ1v) is 10.1. The highest BCUT2D eigenvalue weighted by atomic mass is 16.5. The fraction of sp³-hybridized carbons (Fsp3) is 0.391. The maximum atomic E-state index is 6.02. The fourth-order valence-electron chi connectivity index (χ4n) is 3.70. The molecule has 3 aromatic rings. The van der Waals surface area contributed by atoms with E-state index in [1.54, 1.807) is 27.5 Å². The maximum Gasteiger partial charge on any atom is 0.160 e. The highest BCUT2D eigenvalue weighted by molar-refractivity contribution is 5.87. The van der Waals surface area contributed by atoms with Crippen molar-refractivity contribution in [3.8, 4) is 34.4 Å². The first-order valence-electron chi connectivity index (χ1n) is 10.1. The van der Waals surface area contributed by atoms with E-state index in [0.29, 0.717) is 29.7 Å². The number of fused-ring (bicyclic) bond motifs is 1. The van der Waals surface area contributed by atoms with E-state index in [9.17, 15) is 0 Å². The summed E-state index contributed by atoms with van der Waals surface area (Å²) in [4.78, 5) is 11.7. The van der Waals surface area contributed by atoms with Gasteiger partial charge in [-0.15, -0.1) is 0 Å². The fourth-order valence-corrected chi connectivity index (χ4v) is 3.70. The number of nitrogens with zero attached hydrogens (tertiary/aromatic N) is 3. The number of hydrogen-bond donors (Lipinski definition) is 0. The average molecular weight is 409 g/mol. The standard InChI is InChI=1S/C23H27N3O4/c1-27-17-10-16(11-19(12-17)30-9-8-26-6-4-5-7-26)23-24-15-20-21(25-23)13-18(28-2)14-22(20)29-3/h10-15H,4-9H2,1-3H3. The van der Waals surface area contributed by atoms with E-state index in [4.69, 9.17) is 23.9 Å². The molecule has 0 N–H and O–H groups in total. The molecule has 0 radical (unpaired) electrons. The smallest absolute Gasteiger partial charge is 0.160 e. The van der Waals surface area contributed by atoms with Crippen LogP contribution in [0, 0.1) is 0 Å². The summed E-state index contributed by atoms with van der Waals surface area (Å²) in [5.74, 6) is 3.39. The van der Waals surface area contributed by atoms with Gasteiger partial charge in [0.15, 0.2) is 5.82 Å². The van der Waals surface area contributed by atoms with Crippen molar-refractivity contribution >= 4 is 10.9 Å². The highest BCUT2D eigenvalue weighted by Crippen LogP contribution is 2.33. The van der Waals surface area contributed by atoms with Gasteiger partial charge in [0.2, 0.25) is 0 Å². The second-order valence-corrected chi connectivity index (χ2v) is 7.25. The monoisotopic (exact) mass is 409 g/mol. The van der Waals surface area contributed by atoms with Gasteiger partial charge in [-0.05, 0) is 38.1 Å². The SMILES string of the molecule is COc1cc(OCCN2CCCC2)cc(-c2ncc3c(OC)cc(OC)cc3n2)c1. The lowest BCUT2D eigenvalue weighted by Gasteiger charge is -2.16. The Balaban J connectivity index is 1.62. The number of likely N-dealkylation sites (tertiary alicyclic amines) is 1. The van der Waals surface area contributed by atoms with E-state index in [-0.39, 0.29) is 0 Å². The minimum absolute atomic E-state index is 0.584. The van der Waals surface area contributed by atoms with Crippen LogP contribution < -0.4 is 18.9 Å². The molecule has 7 nitrogen and oxygen atoms in total. The molecule has 0 spiro atoms. The van der Waals surface area contributed by atoms with Gasteiger partial charge in [-0.1, -0.05) is 0 Å². The van der Waals surface area contributed by atoms with Gasteiger partial charge < -0.3 is 18.9 Å². The third-order valence-corrected chi connectivity index (χ3v) is 5.34. The molecule has 2 aromatic carbocycles. The molecule has 1 aliphatic heterocycles. The summed E-state index contributed by atoms with van der Waals surface area (Å²) in [6, 6.07) is 9.44. The normalized spacial score (nSPS) is 14.1. The molecule has 0 amide bonds. The molecule has 1 aliphatic rings. The second kappa shape index (κ2) is 9.17. The van der Waals surface area contributed by atoms with Crippen molar-refractivity contribution in [1.29, 1.82) is 0 Å². The third-order valence-electron chi connectivity index (χ3n) is 5.34. The van der Waals surface area contributed by atoms with Gasteiger partial charge in [0.05, 0.1) is 32.2 Å². The summed E-state index contributed by atoms with van der Waals surface area (Å²) >= 11 is 0. The van der Waals surface area contributed by atoms with Crippen molar-refractivity contribution in [2.75, 3.05) is 47.6 Å². The molecule has 0 bridgehead atoms. The predicted molar refractivity (Wildman–Crippen MR) is 116 cm³/mol. The van der Waals surface area contributed by atoms with Gasteiger partial charge >= 0.3 is 0 Å². The molecule has 1 aromatic heterocycles. The Bertz CT molecular complexity index is 1020. The molecule has 0 aliphatic carbocycles. The van der Waals surface area contributed by atoms with Crippen molar-refractivity contribution in [3.63, 3.8) is 0 Å². The largest absolute Gasteiger partial charge is 0.497 e. The summed E-state index contributed by atoms with van der Waals surface area (Å²) in [6.45, 7) is 3.88. The molecule has 0 saturated carbocycles. The van der Waals surface area contributed by atoms with Crippen LogP contribution in [0.3, 0.4) is 0 Å². The predicted octanol–water partition coefficient (Wildman–Crippen LogP) is 3.80. The summed E-state index contributed by atoms with van der Waals surface area (Å²) in [5, 5.41) is 0.826. The van der Waals surface area contributed by atoms with Crippen molar-refractivity contribution < 1.29 is 18.9 Å². The number of aromatic nitrogens is 2. The molecular formula is C23H27N3O4. The zero-order chi connectivity index (χ0) is 20.9. The first-order chi connectivity index (χ1) is 14.7. The molecule has 30 heavy (non-hydrogen) atoms. The number of methoxy groups -OCH3 is 3. The Morgan fingerprint density at radius 3 is 2.33 bits per heavy atom. The zero-order valence-electron chi connectivity index (χ0n) is 17.7. The van der Waals surface area contributed by atoms with Crippen LogP contribution >= 0.6 is 0 Å². The van der Waals surface area contributed by atoms with E-state index in [0.717, 1.165) is 41.9 Å². The van der Waals surface area contributed by atoms with Gasteiger partial charge in [-0.2, -0.15) is 0 Å². The molecule has 1 fully saturated rings. The Labute approximate surface area is 176 Å². The van der Waals surface area contributed by atoms with Crippen LogP contribution in [0.2, 0.25) is 0 Å². The summed E-state index contributed by atoms with van der Waals surface area (Å²) < 4.78 is 22.3. The van der Waals surface area contributed by atoms with Crippen LogP contribution in [0.5, 0.6) is 23.0 Å². The van der Waals surface area contributed by atoms with Crippen molar-refractivity contribution in [2.45, 2.75) is 12.8 Å². The van der Waals surface area contributed by atoms with Crippen LogP contribution in [-0.2, 0) is 0 Å². The van der Waals surface area contributed by atoms with Crippen LogP contribution in [0.15, 0.2) is 36.5 Å². The van der Waals surface area contributed by atoms with Crippen molar-refractivity contribution in [1.82, 2.24) is 14.9 Å². The first kappa shape index (κ1) is 20.2. The van der Waals surface area contributed by atoms with Gasteiger partial charge in [-0.25, -0.2) is 9.97 Å². The molecule has 0 unspecified atom stereocenters. The lowest BCUT2D eigenvalue weighted by Crippen LogP contribution is -2.25. The van der Waals surface area contributed by atoms with Gasteiger partial charge in [-0.3, -0.25) is 4.90 Å². The van der Waals surface area contributed by atoms with Crippen LogP contribution in [0.1, 0.15) is 12.8 Å². The van der Waals surface area contributed by atoms with E-state index in [2.05, 4.69) is 9.88 Å². The average Bonchev–Trinajstić information content (AvgIpc) is 3.31. The quantitative estimate of drug-likeness (QED) is 0.561. The Morgan fingerprint density at radius 2 is 1.60 bits per heavy atom. The van der Waals surface area contributed by atoms with Crippen molar-refractivity contribution in [3.05, 3.63) is 36.5 Å². The lowest BCUT2D eigenvalue weighted by atomic mass is 10.1. The van der Waals surface area contributed by atoms with Crippen molar-refractivity contribution in [2.24, 2.45) is 0 Å². The molecule has 1 saturated heterocycles. The summed E-state index contributed by atoms with van der Waals surface area (Å²) in [5.41, 5.74) is 1.57.